The highest BCUT2D eigenvalue weighted by Crippen LogP contribution is 2.24. The van der Waals surface area contributed by atoms with Crippen molar-refractivity contribution < 1.29 is 19.1 Å². The number of nitrogens with one attached hydrogen (secondary N) is 2. The Kier molecular flexibility index (Phi) is 7.90. The molecule has 3 aromatic rings. The zero-order valence-corrected chi connectivity index (χ0v) is 19.3. The third-order valence-electron chi connectivity index (χ3n) is 4.05. The van der Waals surface area contributed by atoms with Crippen LogP contribution in [0.2, 0.25) is 0 Å². The van der Waals surface area contributed by atoms with Crippen molar-refractivity contribution in [2.75, 3.05) is 23.0 Å². The Morgan fingerprint density at radius 2 is 1.78 bits per heavy atom. The Morgan fingerprint density at radius 1 is 1.03 bits per heavy atom. The predicted molar refractivity (Wildman–Crippen MR) is 123 cm³/mol. The summed E-state index contributed by atoms with van der Waals surface area (Å²) in [5.74, 6) is -0.633. The number of hydrogen-bond acceptors (Lipinski definition) is 9. The van der Waals surface area contributed by atoms with Crippen LogP contribution in [-0.2, 0) is 9.53 Å². The van der Waals surface area contributed by atoms with Gasteiger partial charge in [-0.25, -0.2) is 9.78 Å². The first-order chi connectivity index (χ1) is 15.4. The van der Waals surface area contributed by atoms with Crippen molar-refractivity contribution in [2.45, 2.75) is 25.8 Å². The Hall–Kier alpha value is -3.31. The van der Waals surface area contributed by atoms with E-state index in [4.69, 9.17) is 4.74 Å². The van der Waals surface area contributed by atoms with Gasteiger partial charge in [-0.1, -0.05) is 40.8 Å². The van der Waals surface area contributed by atoms with E-state index in [0.29, 0.717) is 32.1 Å². The second-order valence-electron chi connectivity index (χ2n) is 6.57. The van der Waals surface area contributed by atoms with Gasteiger partial charge in [-0.2, -0.15) is 0 Å². The van der Waals surface area contributed by atoms with Crippen LogP contribution in [0.1, 0.15) is 38.2 Å². The number of carbonyl (C=O) groups is 3. The van der Waals surface area contributed by atoms with Crippen molar-refractivity contribution in [3.8, 4) is 0 Å². The first kappa shape index (κ1) is 23.4. The van der Waals surface area contributed by atoms with E-state index in [1.165, 1.54) is 11.8 Å². The van der Waals surface area contributed by atoms with Crippen molar-refractivity contribution in [1.82, 2.24) is 15.2 Å². The molecule has 11 heteroatoms. The maximum absolute atomic E-state index is 12.2. The molecule has 0 atom stereocenters. The third kappa shape index (κ3) is 6.34. The van der Waals surface area contributed by atoms with E-state index >= 15 is 0 Å². The highest BCUT2D eigenvalue weighted by molar-refractivity contribution is 7.99. The van der Waals surface area contributed by atoms with E-state index in [1.54, 1.807) is 38.1 Å². The summed E-state index contributed by atoms with van der Waals surface area (Å²) in [6.45, 7) is 5.62. The summed E-state index contributed by atoms with van der Waals surface area (Å²) < 4.78 is 4.97. The van der Waals surface area contributed by atoms with Gasteiger partial charge in [-0.3, -0.25) is 9.59 Å². The summed E-state index contributed by atoms with van der Waals surface area (Å²) >= 11 is 2.25. The van der Waals surface area contributed by atoms with E-state index in [2.05, 4.69) is 25.8 Å². The van der Waals surface area contributed by atoms with Gasteiger partial charge in [0.05, 0.1) is 18.1 Å². The molecule has 9 nitrogen and oxygen atoms in total. The van der Waals surface area contributed by atoms with Crippen molar-refractivity contribution in [3.63, 3.8) is 0 Å². The molecule has 0 fully saturated rings. The van der Waals surface area contributed by atoms with E-state index in [-0.39, 0.29) is 24.2 Å². The highest BCUT2D eigenvalue weighted by atomic mass is 32.2. The molecule has 2 heterocycles. The smallest absolute Gasteiger partial charge is 0.350 e. The minimum Gasteiger partial charge on any atom is -0.462 e. The second kappa shape index (κ2) is 10.8. The zero-order valence-electron chi connectivity index (χ0n) is 17.7. The molecule has 0 spiro atoms. The summed E-state index contributed by atoms with van der Waals surface area (Å²) in [6.07, 6.45) is 0. The number of carbonyl (C=O) groups excluding carboxylic acids is 3. The fourth-order valence-electron chi connectivity index (χ4n) is 2.49. The van der Waals surface area contributed by atoms with Crippen LogP contribution in [0.15, 0.2) is 41.4 Å². The molecule has 166 valence electrons. The zero-order chi connectivity index (χ0) is 23.1. The molecule has 1 aromatic carbocycles. The van der Waals surface area contributed by atoms with E-state index in [9.17, 15) is 14.4 Å². The van der Waals surface area contributed by atoms with Crippen molar-refractivity contribution >= 4 is 51.8 Å². The van der Waals surface area contributed by atoms with Crippen LogP contribution in [0.3, 0.4) is 0 Å². The van der Waals surface area contributed by atoms with Crippen molar-refractivity contribution in [3.05, 3.63) is 58.1 Å². The molecule has 0 saturated carbocycles. The lowest BCUT2D eigenvalue weighted by molar-refractivity contribution is -0.113. The quantitative estimate of drug-likeness (QED) is 0.376. The summed E-state index contributed by atoms with van der Waals surface area (Å²) in [5, 5.41) is 14.2. The average molecular weight is 472 g/mol. The summed E-state index contributed by atoms with van der Waals surface area (Å²) in [5.41, 5.74) is 2.10. The van der Waals surface area contributed by atoms with Crippen LogP contribution in [-0.4, -0.2) is 45.3 Å². The van der Waals surface area contributed by atoms with Crippen molar-refractivity contribution in [1.29, 1.82) is 0 Å². The number of aryl methyl sites for hydroxylation is 2. The number of aromatic nitrogens is 3. The summed E-state index contributed by atoms with van der Waals surface area (Å²) in [4.78, 5) is 40.8. The minimum absolute atomic E-state index is 0.0805. The monoisotopic (exact) mass is 471 g/mol. The molecule has 32 heavy (non-hydrogen) atoms. The van der Waals surface area contributed by atoms with Crippen LogP contribution in [0.25, 0.3) is 0 Å². The molecule has 2 aromatic heterocycles. The normalized spacial score (nSPS) is 10.5. The molecule has 0 aliphatic rings. The number of hydrogen-bond donors (Lipinski definition) is 2. The van der Waals surface area contributed by atoms with Crippen LogP contribution in [0.5, 0.6) is 0 Å². The number of rotatable bonds is 8. The maximum Gasteiger partial charge on any atom is 0.350 e. The first-order valence-corrected chi connectivity index (χ1v) is 11.4. The van der Waals surface area contributed by atoms with Crippen molar-refractivity contribution in [2.24, 2.45) is 0 Å². The van der Waals surface area contributed by atoms with Gasteiger partial charge in [0, 0.05) is 5.56 Å². The Bertz CT molecular complexity index is 1110. The van der Waals surface area contributed by atoms with E-state index < -0.39 is 5.97 Å². The maximum atomic E-state index is 12.2. The fourth-order valence-corrected chi connectivity index (χ4v) is 3.98. The molecule has 0 unspecified atom stereocenters. The Labute approximate surface area is 193 Å². The number of thiazole rings is 1. The molecule has 0 aliphatic carbocycles. The van der Waals surface area contributed by atoms with Gasteiger partial charge < -0.3 is 15.4 Å². The van der Waals surface area contributed by atoms with Crippen LogP contribution in [0.4, 0.5) is 10.9 Å². The summed E-state index contributed by atoms with van der Waals surface area (Å²) in [6, 6.07) is 10.5. The lowest BCUT2D eigenvalue weighted by Crippen LogP contribution is -2.14. The second-order valence-corrected chi connectivity index (χ2v) is 8.56. The molecule has 3 rings (SSSR count). The van der Waals surface area contributed by atoms with Gasteiger partial charge >= 0.3 is 5.97 Å². The van der Waals surface area contributed by atoms with Crippen LogP contribution in [0, 0.1) is 13.8 Å². The number of nitrogens with zero attached hydrogens (tertiary/aromatic N) is 3. The Morgan fingerprint density at radius 3 is 2.44 bits per heavy atom. The molecule has 0 aliphatic heterocycles. The largest absolute Gasteiger partial charge is 0.462 e. The highest BCUT2D eigenvalue weighted by Gasteiger charge is 2.17. The number of ether oxygens (including phenoxy) is 1. The molecule has 0 saturated heterocycles. The lowest BCUT2D eigenvalue weighted by Gasteiger charge is -2.05. The average Bonchev–Trinajstić information content (AvgIpc) is 3.13. The van der Waals surface area contributed by atoms with Gasteiger partial charge in [-0.05, 0) is 45.0 Å². The molecular formula is C21H21N5O4S2. The molecule has 2 N–H and O–H groups in total. The molecule has 0 radical (unpaired) electrons. The van der Waals surface area contributed by atoms with Gasteiger partial charge in [-0.15, -0.1) is 10.2 Å². The van der Waals surface area contributed by atoms with Gasteiger partial charge in [0.1, 0.15) is 9.90 Å². The number of amides is 2. The lowest BCUT2D eigenvalue weighted by atomic mass is 10.1. The number of anilines is 2. The van der Waals surface area contributed by atoms with Crippen LogP contribution >= 0.6 is 23.1 Å². The Balaban J connectivity index is 1.50. The first-order valence-electron chi connectivity index (χ1n) is 9.64. The summed E-state index contributed by atoms with van der Waals surface area (Å²) in [7, 11) is 0. The predicted octanol–water partition coefficient (Wildman–Crippen LogP) is 3.71. The van der Waals surface area contributed by atoms with Gasteiger partial charge in [0.25, 0.3) is 5.91 Å². The fraction of sp³-hybridized carbons (Fsp3) is 0.238. The molecule has 2 amide bonds. The van der Waals surface area contributed by atoms with E-state index in [1.807, 2.05) is 19.1 Å². The SMILES string of the molecule is CCOC(=O)c1sc(NC(=O)CSc2ccc(NC(=O)c3ccc(C)cc3)nn2)nc1C. The van der Waals surface area contributed by atoms with E-state index in [0.717, 1.165) is 16.9 Å². The standard InChI is InChI=1S/C21H21N5O4S2/c1-4-30-20(29)18-13(3)22-21(32-18)24-16(27)11-31-17-10-9-15(25-26-17)23-19(28)14-7-5-12(2)6-8-14/h5-10H,4,11H2,1-3H3,(H,22,24,27)(H,23,25,28). The minimum atomic E-state index is -0.456. The van der Waals surface area contributed by atoms with Gasteiger partial charge in [0.2, 0.25) is 5.91 Å². The number of esters is 1. The third-order valence-corrected chi connectivity index (χ3v) is 6.02. The molecule has 0 bridgehead atoms. The molecular weight excluding hydrogens is 450 g/mol. The van der Waals surface area contributed by atoms with Crippen LogP contribution < -0.4 is 10.6 Å². The number of benzene rings is 1. The topological polar surface area (TPSA) is 123 Å². The van der Waals surface area contributed by atoms with Gasteiger partial charge in [0.15, 0.2) is 10.9 Å². The number of thioether (sulfide) groups is 1.